The molecular formula is C25H35N9O3. The fourth-order valence-electron chi connectivity index (χ4n) is 5.32. The lowest BCUT2D eigenvalue weighted by Crippen LogP contribution is -2.48. The van der Waals surface area contributed by atoms with Gasteiger partial charge in [0, 0.05) is 32.4 Å². The number of nitrogens with one attached hydrogen (secondary N) is 1. The maximum Gasteiger partial charge on any atom is 0.417 e. The van der Waals surface area contributed by atoms with E-state index in [0.29, 0.717) is 37.5 Å². The van der Waals surface area contributed by atoms with E-state index < -0.39 is 11.7 Å². The number of imidazole rings is 1. The molecule has 1 spiro atoms. The zero-order valence-electron chi connectivity index (χ0n) is 21.9. The second-order valence-corrected chi connectivity index (χ2v) is 10.5. The molecule has 37 heavy (non-hydrogen) atoms. The number of nitrogens with zero attached hydrogens (tertiary/aromatic N) is 8. The average molecular weight is 510 g/mol. The van der Waals surface area contributed by atoms with Crippen molar-refractivity contribution in [3.05, 3.63) is 36.7 Å². The van der Waals surface area contributed by atoms with Crippen LogP contribution < -0.4 is 10.2 Å². The summed E-state index contributed by atoms with van der Waals surface area (Å²) in [5.41, 5.74) is 0.436. The Bertz CT molecular complexity index is 1180. The van der Waals surface area contributed by atoms with Gasteiger partial charge in [-0.2, -0.15) is 15.0 Å². The molecule has 0 radical (unpaired) electrons. The number of anilines is 2. The summed E-state index contributed by atoms with van der Waals surface area (Å²) in [7, 11) is 0. The summed E-state index contributed by atoms with van der Waals surface area (Å²) < 4.78 is 7.78. The minimum absolute atomic E-state index is 0.0189. The van der Waals surface area contributed by atoms with E-state index in [0.717, 1.165) is 31.6 Å². The van der Waals surface area contributed by atoms with Crippen LogP contribution >= 0.6 is 0 Å². The van der Waals surface area contributed by atoms with Crippen molar-refractivity contribution in [2.24, 2.45) is 5.92 Å². The second kappa shape index (κ2) is 9.73. The third kappa shape index (κ3) is 5.02. The number of ether oxygens (including phenoxy) is 1. The summed E-state index contributed by atoms with van der Waals surface area (Å²) in [6.07, 6.45) is 6.52. The Morgan fingerprint density at radius 2 is 1.95 bits per heavy atom. The molecule has 2 saturated heterocycles. The van der Waals surface area contributed by atoms with Crippen molar-refractivity contribution in [3.63, 3.8) is 0 Å². The normalized spacial score (nSPS) is 21.9. The quantitative estimate of drug-likeness (QED) is 0.534. The van der Waals surface area contributed by atoms with Crippen molar-refractivity contribution in [1.82, 2.24) is 34.3 Å². The van der Waals surface area contributed by atoms with Crippen molar-refractivity contribution in [2.45, 2.75) is 64.9 Å². The highest BCUT2D eigenvalue weighted by molar-refractivity contribution is 5.90. The van der Waals surface area contributed by atoms with Gasteiger partial charge in [-0.15, -0.1) is 0 Å². The summed E-state index contributed by atoms with van der Waals surface area (Å²) in [5, 5.41) is 3.32. The number of rotatable bonds is 8. The lowest BCUT2D eigenvalue weighted by molar-refractivity contribution is -0.127. The van der Waals surface area contributed by atoms with E-state index in [1.165, 1.54) is 6.08 Å². The maximum absolute atomic E-state index is 12.8. The van der Waals surface area contributed by atoms with Gasteiger partial charge in [-0.3, -0.25) is 9.69 Å². The predicted molar refractivity (Wildman–Crippen MR) is 137 cm³/mol. The molecule has 0 aromatic carbocycles. The summed E-state index contributed by atoms with van der Waals surface area (Å²) in [6.45, 7) is 15.2. The van der Waals surface area contributed by atoms with Crippen molar-refractivity contribution in [3.8, 4) is 0 Å². The number of carbonyl (C=O) groups excluding carboxylic acids is 2. The SMILES string of the molecule is C=CC(=O)N1CCN(Cn2cnc([C@H](C)Nc3nc(C)nc(N4C(=O)OC5(CC5)C4C(C)C)n3)c2)CC1. The van der Waals surface area contributed by atoms with E-state index >= 15 is 0 Å². The van der Waals surface area contributed by atoms with Gasteiger partial charge < -0.3 is 19.5 Å². The molecule has 3 fully saturated rings. The molecule has 4 heterocycles. The zero-order chi connectivity index (χ0) is 26.3. The van der Waals surface area contributed by atoms with Gasteiger partial charge in [-0.1, -0.05) is 20.4 Å². The number of aryl methyl sites for hydroxylation is 1. The van der Waals surface area contributed by atoms with Crippen molar-refractivity contribution in [2.75, 3.05) is 36.4 Å². The largest absolute Gasteiger partial charge is 0.440 e. The van der Waals surface area contributed by atoms with Crippen LogP contribution in [0, 0.1) is 12.8 Å². The molecule has 12 heteroatoms. The number of hydrogen-bond acceptors (Lipinski definition) is 9. The molecule has 0 bridgehead atoms. The number of carbonyl (C=O) groups is 2. The Balaban J connectivity index is 1.24. The number of piperazine rings is 1. The summed E-state index contributed by atoms with van der Waals surface area (Å²) >= 11 is 0. The van der Waals surface area contributed by atoms with Crippen LogP contribution in [0.5, 0.6) is 0 Å². The Morgan fingerprint density at radius 3 is 2.59 bits per heavy atom. The Kier molecular flexibility index (Phi) is 6.61. The molecule has 12 nitrogen and oxygen atoms in total. The number of hydrogen-bond donors (Lipinski definition) is 1. The fourth-order valence-corrected chi connectivity index (χ4v) is 5.32. The third-order valence-electron chi connectivity index (χ3n) is 7.29. The molecule has 2 aromatic rings. The zero-order valence-corrected chi connectivity index (χ0v) is 21.9. The lowest BCUT2D eigenvalue weighted by atomic mass is 9.96. The Hall–Kier alpha value is -3.54. The number of amides is 2. The van der Waals surface area contributed by atoms with Crippen LogP contribution in [0.2, 0.25) is 0 Å². The minimum Gasteiger partial charge on any atom is -0.440 e. The minimum atomic E-state index is -0.409. The highest BCUT2D eigenvalue weighted by atomic mass is 16.6. The first kappa shape index (κ1) is 25.1. The standard InChI is InChI=1S/C25H35N9O3/c1-6-20(35)33-11-9-31(10-12-33)15-32-13-19(26-14-32)17(4)27-22-28-18(5)29-23(30-22)34-21(16(2)3)25(7-8-25)37-24(34)36/h6,13-14,16-17,21H,1,7-12,15H2,2-5H3,(H,27,28,29,30)/t17-,21?/m0/s1. The summed E-state index contributed by atoms with van der Waals surface area (Å²) in [5.74, 6) is 1.41. The van der Waals surface area contributed by atoms with E-state index in [2.05, 4.69) is 50.6 Å². The van der Waals surface area contributed by atoms with Crippen LogP contribution in [0.25, 0.3) is 0 Å². The monoisotopic (exact) mass is 509 g/mol. The van der Waals surface area contributed by atoms with E-state index in [1.54, 1.807) is 18.2 Å². The molecule has 2 amide bonds. The average Bonchev–Trinajstić information content (AvgIpc) is 3.34. The van der Waals surface area contributed by atoms with Crippen LogP contribution in [0.15, 0.2) is 25.2 Å². The molecule has 2 atom stereocenters. The highest BCUT2D eigenvalue weighted by Gasteiger charge is 2.63. The van der Waals surface area contributed by atoms with Gasteiger partial charge in [0.1, 0.15) is 11.4 Å². The molecule has 2 aliphatic heterocycles. The lowest BCUT2D eigenvalue weighted by Gasteiger charge is -2.34. The molecule has 1 aliphatic carbocycles. The fraction of sp³-hybridized carbons (Fsp3) is 0.600. The van der Waals surface area contributed by atoms with Crippen molar-refractivity contribution < 1.29 is 14.3 Å². The number of aromatic nitrogens is 5. The van der Waals surface area contributed by atoms with Crippen LogP contribution in [0.4, 0.5) is 16.7 Å². The predicted octanol–water partition coefficient (Wildman–Crippen LogP) is 2.35. The van der Waals surface area contributed by atoms with Crippen molar-refractivity contribution >= 4 is 23.9 Å². The molecule has 1 saturated carbocycles. The maximum atomic E-state index is 12.8. The first-order valence-corrected chi connectivity index (χ1v) is 12.9. The van der Waals surface area contributed by atoms with Gasteiger partial charge in [-0.25, -0.2) is 14.7 Å². The van der Waals surface area contributed by atoms with Gasteiger partial charge in [-0.05, 0) is 38.7 Å². The summed E-state index contributed by atoms with van der Waals surface area (Å²) in [6, 6.07) is -0.265. The van der Waals surface area contributed by atoms with E-state index in [9.17, 15) is 9.59 Å². The van der Waals surface area contributed by atoms with E-state index in [-0.39, 0.29) is 23.9 Å². The van der Waals surface area contributed by atoms with Gasteiger partial charge in [0.25, 0.3) is 0 Å². The first-order valence-electron chi connectivity index (χ1n) is 12.9. The molecule has 5 rings (SSSR count). The van der Waals surface area contributed by atoms with Crippen LogP contribution in [0.1, 0.15) is 51.2 Å². The van der Waals surface area contributed by atoms with Crippen LogP contribution in [-0.4, -0.2) is 84.1 Å². The van der Waals surface area contributed by atoms with Gasteiger partial charge in [0.15, 0.2) is 0 Å². The van der Waals surface area contributed by atoms with Crippen LogP contribution in [0.3, 0.4) is 0 Å². The van der Waals surface area contributed by atoms with Crippen molar-refractivity contribution in [1.29, 1.82) is 0 Å². The second-order valence-electron chi connectivity index (χ2n) is 10.5. The topological polar surface area (TPSA) is 122 Å². The molecule has 198 valence electrons. The van der Waals surface area contributed by atoms with Gasteiger partial charge >= 0.3 is 6.09 Å². The molecule has 2 aromatic heterocycles. The third-order valence-corrected chi connectivity index (χ3v) is 7.29. The molecular weight excluding hydrogens is 474 g/mol. The Labute approximate surface area is 216 Å². The Morgan fingerprint density at radius 1 is 1.22 bits per heavy atom. The van der Waals surface area contributed by atoms with E-state index in [1.807, 2.05) is 22.6 Å². The van der Waals surface area contributed by atoms with Crippen LogP contribution in [-0.2, 0) is 16.2 Å². The molecule has 3 aliphatic rings. The van der Waals surface area contributed by atoms with Gasteiger partial charge in [0.05, 0.1) is 30.8 Å². The molecule has 1 unspecified atom stereocenters. The van der Waals surface area contributed by atoms with Gasteiger partial charge in [0.2, 0.25) is 17.8 Å². The smallest absolute Gasteiger partial charge is 0.417 e. The first-order chi connectivity index (χ1) is 17.7. The van der Waals surface area contributed by atoms with E-state index in [4.69, 9.17) is 4.74 Å². The highest BCUT2D eigenvalue weighted by Crippen LogP contribution is 2.52. The molecule has 1 N–H and O–H groups in total. The summed E-state index contributed by atoms with van der Waals surface area (Å²) in [4.78, 5) is 48.4.